The van der Waals surface area contributed by atoms with Gasteiger partial charge in [-0.1, -0.05) is 37.3 Å². The Hall–Kier alpha value is -3.79. The first-order valence-electron chi connectivity index (χ1n) is 11.4. The summed E-state index contributed by atoms with van der Waals surface area (Å²) < 4.78 is 21.5. The van der Waals surface area contributed by atoms with Crippen molar-refractivity contribution < 1.29 is 24.2 Å². The van der Waals surface area contributed by atoms with Gasteiger partial charge < -0.3 is 14.6 Å². The minimum Gasteiger partial charge on any atom is -0.481 e. The van der Waals surface area contributed by atoms with Crippen molar-refractivity contribution in [2.24, 2.45) is 0 Å². The Kier molecular flexibility index (Phi) is 7.71. The molecule has 4 rings (SSSR count). The summed E-state index contributed by atoms with van der Waals surface area (Å²) in [6.07, 6.45) is 1.04. The van der Waals surface area contributed by atoms with Crippen LogP contribution in [0.4, 0.5) is 0 Å². The lowest BCUT2D eigenvalue weighted by Gasteiger charge is -2.11. The first-order chi connectivity index (χ1) is 17.0. The molecule has 1 N–H and O–H groups in total. The fourth-order valence-corrected chi connectivity index (χ4v) is 4.36. The van der Waals surface area contributed by atoms with Gasteiger partial charge in [0.1, 0.15) is 11.0 Å². The molecule has 9 nitrogen and oxygen atoms in total. The zero-order chi connectivity index (χ0) is 24.8. The number of hydrogen-bond acceptors (Lipinski definition) is 8. The van der Waals surface area contributed by atoms with Gasteiger partial charge in [-0.25, -0.2) is 9.48 Å². The number of carboxylic acids is 1. The Morgan fingerprint density at radius 3 is 2.57 bits per heavy atom. The van der Waals surface area contributed by atoms with E-state index in [1.54, 1.807) is 23.7 Å². The van der Waals surface area contributed by atoms with Gasteiger partial charge >= 0.3 is 11.9 Å². The van der Waals surface area contributed by atoms with Gasteiger partial charge in [0.15, 0.2) is 5.69 Å². The summed E-state index contributed by atoms with van der Waals surface area (Å²) in [6.45, 7) is 4.60. The first-order valence-corrected chi connectivity index (χ1v) is 12.1. The minimum absolute atomic E-state index is 0.125. The van der Waals surface area contributed by atoms with Gasteiger partial charge in [-0.15, -0.1) is 5.10 Å². The number of esters is 1. The van der Waals surface area contributed by atoms with Crippen molar-refractivity contribution >= 4 is 34.7 Å². The highest BCUT2D eigenvalue weighted by atomic mass is 32.1. The minimum atomic E-state index is -0.928. The van der Waals surface area contributed by atoms with Crippen LogP contribution in [-0.4, -0.2) is 48.8 Å². The van der Waals surface area contributed by atoms with E-state index < -0.39 is 11.9 Å². The van der Waals surface area contributed by atoms with Crippen molar-refractivity contribution in [3.63, 3.8) is 0 Å². The van der Waals surface area contributed by atoms with E-state index in [1.807, 2.05) is 37.3 Å². The van der Waals surface area contributed by atoms with E-state index in [0.29, 0.717) is 35.7 Å². The fraction of sp³-hybridized carbons (Fsp3) is 0.320. The fourth-order valence-electron chi connectivity index (χ4n) is 3.84. The molecule has 0 bridgehead atoms. The van der Waals surface area contributed by atoms with Crippen LogP contribution in [0.5, 0.6) is 5.88 Å². The number of carbonyl (C=O) groups is 2. The average molecular weight is 495 g/mol. The van der Waals surface area contributed by atoms with E-state index in [4.69, 9.17) is 9.47 Å². The van der Waals surface area contributed by atoms with E-state index >= 15 is 0 Å². The van der Waals surface area contributed by atoms with Crippen LogP contribution in [0.15, 0.2) is 42.5 Å². The molecule has 10 heteroatoms. The van der Waals surface area contributed by atoms with Gasteiger partial charge in [-0.3, -0.25) is 4.79 Å². The lowest BCUT2D eigenvalue weighted by molar-refractivity contribution is -0.136. The molecule has 2 aromatic heterocycles. The molecule has 0 amide bonds. The largest absolute Gasteiger partial charge is 0.481 e. The van der Waals surface area contributed by atoms with Crippen LogP contribution >= 0.6 is 11.7 Å². The number of ether oxygens (including phenoxy) is 2. The van der Waals surface area contributed by atoms with Crippen LogP contribution in [0.3, 0.4) is 0 Å². The quantitative estimate of drug-likeness (QED) is 0.310. The van der Waals surface area contributed by atoms with E-state index in [0.717, 1.165) is 40.3 Å². The molecule has 182 valence electrons. The van der Waals surface area contributed by atoms with Gasteiger partial charge in [0.2, 0.25) is 5.88 Å². The number of aliphatic carboxylic acids is 1. The second-order valence-corrected chi connectivity index (χ2v) is 8.49. The molecule has 2 heterocycles. The maximum Gasteiger partial charge on any atom is 0.357 e. The Balaban J connectivity index is 1.79. The Morgan fingerprint density at radius 2 is 1.83 bits per heavy atom. The summed E-state index contributed by atoms with van der Waals surface area (Å²) >= 11 is 1.15. The SMILES string of the molecule is CCCOc1nn(Cc2ccccc2CC(=O)O)c(C(=O)OCC)c1Cc1ccc2nsnc2c1. The molecule has 0 aliphatic heterocycles. The highest BCUT2D eigenvalue weighted by Crippen LogP contribution is 2.28. The smallest absolute Gasteiger partial charge is 0.357 e. The van der Waals surface area contributed by atoms with Crippen LogP contribution < -0.4 is 4.74 Å². The predicted molar refractivity (Wildman–Crippen MR) is 131 cm³/mol. The van der Waals surface area contributed by atoms with Crippen molar-refractivity contribution in [2.75, 3.05) is 13.2 Å². The lowest BCUT2D eigenvalue weighted by Crippen LogP contribution is -2.17. The molecule has 0 unspecified atom stereocenters. The third kappa shape index (κ3) is 5.65. The molecule has 0 aliphatic carbocycles. The Labute approximate surface area is 206 Å². The normalized spacial score (nSPS) is 11.0. The summed E-state index contributed by atoms with van der Waals surface area (Å²) in [5.41, 5.74) is 4.86. The molecule has 0 radical (unpaired) electrons. The summed E-state index contributed by atoms with van der Waals surface area (Å²) in [6, 6.07) is 13.0. The van der Waals surface area contributed by atoms with Crippen molar-refractivity contribution in [3.8, 4) is 5.88 Å². The third-order valence-corrected chi connectivity index (χ3v) is 5.96. The second-order valence-electron chi connectivity index (χ2n) is 7.96. The number of aromatic nitrogens is 4. The van der Waals surface area contributed by atoms with Gasteiger partial charge in [-0.2, -0.15) is 8.75 Å². The van der Waals surface area contributed by atoms with Crippen LogP contribution in [-0.2, 0) is 28.9 Å². The Bertz CT molecular complexity index is 1350. The van der Waals surface area contributed by atoms with Crippen LogP contribution in [0, 0.1) is 0 Å². The third-order valence-electron chi connectivity index (χ3n) is 5.40. The topological polar surface area (TPSA) is 116 Å². The summed E-state index contributed by atoms with van der Waals surface area (Å²) in [5.74, 6) is -1.07. The van der Waals surface area contributed by atoms with Gasteiger partial charge in [-0.05, 0) is 42.2 Å². The Morgan fingerprint density at radius 1 is 1.06 bits per heavy atom. The molecular weight excluding hydrogens is 468 g/mol. The van der Waals surface area contributed by atoms with Crippen molar-refractivity contribution in [1.29, 1.82) is 0 Å². The molecule has 0 saturated carbocycles. The summed E-state index contributed by atoms with van der Waals surface area (Å²) in [5, 5.41) is 13.9. The zero-order valence-electron chi connectivity index (χ0n) is 19.6. The predicted octanol–water partition coefficient (Wildman–Crippen LogP) is 4.12. The molecular formula is C25H26N4O5S. The molecule has 2 aromatic carbocycles. The van der Waals surface area contributed by atoms with Gasteiger partial charge in [0.05, 0.1) is 43.5 Å². The maximum atomic E-state index is 13.1. The number of nitrogens with zero attached hydrogens (tertiary/aromatic N) is 4. The number of benzene rings is 2. The van der Waals surface area contributed by atoms with Crippen LogP contribution in [0.2, 0.25) is 0 Å². The number of rotatable bonds is 11. The van der Waals surface area contributed by atoms with Crippen LogP contribution in [0.25, 0.3) is 11.0 Å². The van der Waals surface area contributed by atoms with E-state index in [2.05, 4.69) is 13.8 Å². The van der Waals surface area contributed by atoms with Crippen molar-refractivity contribution in [1.82, 2.24) is 18.5 Å². The second kappa shape index (κ2) is 11.1. The summed E-state index contributed by atoms with van der Waals surface area (Å²) in [4.78, 5) is 24.5. The standard InChI is InChI=1S/C25H26N4O5S/c1-3-11-34-24-19(12-16-9-10-20-21(13-16)28-35-27-20)23(25(32)33-4-2)29(26-24)15-18-8-6-5-7-17(18)14-22(30)31/h5-10,13H,3-4,11-12,14-15H2,1-2H3,(H,30,31). The average Bonchev–Trinajstić information content (AvgIpc) is 3.43. The highest BCUT2D eigenvalue weighted by Gasteiger charge is 2.27. The number of carbonyl (C=O) groups excluding carboxylic acids is 1. The lowest BCUT2D eigenvalue weighted by atomic mass is 10.0. The monoisotopic (exact) mass is 494 g/mol. The summed E-state index contributed by atoms with van der Waals surface area (Å²) in [7, 11) is 0. The van der Waals surface area contributed by atoms with Crippen LogP contribution in [0.1, 0.15) is 53.0 Å². The molecule has 0 saturated heterocycles. The van der Waals surface area contributed by atoms with E-state index in [9.17, 15) is 14.7 Å². The number of hydrogen-bond donors (Lipinski definition) is 1. The zero-order valence-corrected chi connectivity index (χ0v) is 20.4. The van der Waals surface area contributed by atoms with Crippen molar-refractivity contribution in [3.05, 3.63) is 70.4 Å². The maximum absolute atomic E-state index is 13.1. The van der Waals surface area contributed by atoms with Gasteiger partial charge in [0, 0.05) is 6.42 Å². The molecule has 0 aliphatic rings. The molecule has 0 atom stereocenters. The molecule has 0 spiro atoms. The number of fused-ring (bicyclic) bond motifs is 1. The molecule has 4 aromatic rings. The molecule has 35 heavy (non-hydrogen) atoms. The highest BCUT2D eigenvalue weighted by molar-refractivity contribution is 7.00. The van der Waals surface area contributed by atoms with E-state index in [1.165, 1.54) is 0 Å². The van der Waals surface area contributed by atoms with Gasteiger partial charge in [0.25, 0.3) is 0 Å². The van der Waals surface area contributed by atoms with Crippen molar-refractivity contribution in [2.45, 2.75) is 39.7 Å². The molecule has 0 fully saturated rings. The number of carboxylic acid groups (broad SMARTS) is 1. The first kappa shape index (κ1) is 24.3. The van der Waals surface area contributed by atoms with E-state index in [-0.39, 0.29) is 19.6 Å².